The highest BCUT2D eigenvalue weighted by atomic mass is 79.9. The Morgan fingerprint density at radius 2 is 1.83 bits per heavy atom. The van der Waals surface area contributed by atoms with E-state index in [0.717, 1.165) is 25.1 Å². The van der Waals surface area contributed by atoms with Crippen LogP contribution in [0.4, 0.5) is 5.69 Å². The van der Waals surface area contributed by atoms with Crippen molar-refractivity contribution in [1.29, 1.82) is 0 Å². The second-order valence-corrected chi connectivity index (χ2v) is 6.00. The van der Waals surface area contributed by atoms with Gasteiger partial charge in [0, 0.05) is 16.0 Å². The molecule has 0 aromatic heterocycles. The van der Waals surface area contributed by atoms with Crippen molar-refractivity contribution >= 4 is 49.4 Å². The molecule has 4 nitrogen and oxygen atoms in total. The lowest BCUT2D eigenvalue weighted by atomic mass is 10.2. The highest BCUT2D eigenvalue weighted by molar-refractivity contribution is 9.11. The maximum Gasteiger partial charge on any atom is 0.251 e. The number of aryl methyl sites for hydroxylation is 1. The summed E-state index contributed by atoms with van der Waals surface area (Å²) in [6.45, 7) is 1.98. The summed E-state index contributed by atoms with van der Waals surface area (Å²) in [5.74, 6) is -0.351. The Morgan fingerprint density at radius 1 is 1.28 bits per heavy atom. The summed E-state index contributed by atoms with van der Waals surface area (Å²) in [7, 11) is 1.51. The molecule has 1 atom stereocenters. The maximum absolute atomic E-state index is 11.8. The van der Waals surface area contributed by atoms with Gasteiger partial charge in [-0.05, 0) is 56.5 Å². The van der Waals surface area contributed by atoms with Crippen molar-refractivity contribution in [3.05, 3.63) is 26.6 Å². The molecule has 1 aliphatic heterocycles. The molecule has 1 aromatic rings. The van der Waals surface area contributed by atoms with Gasteiger partial charge in [0.25, 0.3) is 5.91 Å². The average Bonchev–Trinajstić information content (AvgIpc) is 2.51. The van der Waals surface area contributed by atoms with Crippen LogP contribution in [0.1, 0.15) is 12.0 Å². The van der Waals surface area contributed by atoms with Gasteiger partial charge in [-0.3, -0.25) is 14.5 Å². The van der Waals surface area contributed by atoms with E-state index in [4.69, 9.17) is 0 Å². The summed E-state index contributed by atoms with van der Waals surface area (Å²) < 4.78 is 1.73. The fourth-order valence-corrected chi connectivity index (χ4v) is 3.52. The molecule has 96 valence electrons. The summed E-state index contributed by atoms with van der Waals surface area (Å²) in [6, 6.07) is 3.42. The van der Waals surface area contributed by atoms with Gasteiger partial charge in [-0.1, -0.05) is 0 Å². The number of rotatable bonds is 2. The number of imide groups is 1. The van der Waals surface area contributed by atoms with Gasteiger partial charge in [-0.15, -0.1) is 0 Å². The highest BCUT2D eigenvalue weighted by Gasteiger charge is 2.36. The number of carbonyl (C=O) groups is 2. The minimum atomic E-state index is -0.488. The molecule has 6 heteroatoms. The minimum Gasteiger partial charge on any atom is -0.371 e. The molecule has 2 rings (SSSR count). The van der Waals surface area contributed by atoms with Crippen LogP contribution in [0.5, 0.6) is 0 Å². The maximum atomic E-state index is 11.8. The first-order valence-corrected chi connectivity index (χ1v) is 7.01. The van der Waals surface area contributed by atoms with E-state index in [1.54, 1.807) is 0 Å². The first kappa shape index (κ1) is 13.5. The third-order valence-corrected chi connectivity index (χ3v) is 4.14. The van der Waals surface area contributed by atoms with Crippen LogP contribution in [-0.4, -0.2) is 29.8 Å². The van der Waals surface area contributed by atoms with Crippen LogP contribution in [-0.2, 0) is 9.59 Å². The van der Waals surface area contributed by atoms with Gasteiger partial charge in [0.15, 0.2) is 0 Å². The second kappa shape index (κ2) is 5.01. The van der Waals surface area contributed by atoms with Crippen LogP contribution in [0.15, 0.2) is 21.1 Å². The zero-order chi connectivity index (χ0) is 13.4. The van der Waals surface area contributed by atoms with Crippen molar-refractivity contribution in [3.8, 4) is 0 Å². The van der Waals surface area contributed by atoms with E-state index in [-0.39, 0.29) is 18.2 Å². The number of nitrogens with one attached hydrogen (secondary N) is 1. The van der Waals surface area contributed by atoms with E-state index >= 15 is 0 Å². The zero-order valence-corrected chi connectivity index (χ0v) is 13.1. The third-order valence-electron chi connectivity index (χ3n) is 2.89. The van der Waals surface area contributed by atoms with Crippen LogP contribution in [0.3, 0.4) is 0 Å². The smallest absolute Gasteiger partial charge is 0.251 e. The van der Waals surface area contributed by atoms with Crippen molar-refractivity contribution in [2.45, 2.75) is 19.4 Å². The molecule has 1 heterocycles. The molecule has 0 bridgehead atoms. The predicted molar refractivity (Wildman–Crippen MR) is 76.4 cm³/mol. The molecule has 0 radical (unpaired) electrons. The Balaban J connectivity index is 2.26. The Morgan fingerprint density at radius 3 is 2.28 bits per heavy atom. The number of hydrogen-bond acceptors (Lipinski definition) is 3. The first-order valence-electron chi connectivity index (χ1n) is 5.42. The van der Waals surface area contributed by atoms with Crippen molar-refractivity contribution in [1.82, 2.24) is 4.90 Å². The Bertz CT molecular complexity index is 508. The van der Waals surface area contributed by atoms with E-state index in [1.807, 2.05) is 19.1 Å². The molecular formula is C12H12Br2N2O2. The molecule has 0 spiro atoms. The van der Waals surface area contributed by atoms with Gasteiger partial charge in [-0.2, -0.15) is 0 Å². The topological polar surface area (TPSA) is 49.4 Å². The van der Waals surface area contributed by atoms with Gasteiger partial charge in [-0.25, -0.2) is 0 Å². The van der Waals surface area contributed by atoms with Crippen molar-refractivity contribution in [3.63, 3.8) is 0 Å². The fraction of sp³-hybridized carbons (Fsp3) is 0.333. The standard InChI is InChI=1S/C12H12Br2N2O2/c1-6-3-7(13)11(8(14)4-6)15-9-5-10(17)16(2)12(9)18/h3-4,9,15H,5H2,1-2H3. The Labute approximate surface area is 122 Å². The minimum absolute atomic E-state index is 0.156. The number of halogens is 2. The van der Waals surface area contributed by atoms with E-state index in [2.05, 4.69) is 37.2 Å². The van der Waals surface area contributed by atoms with Crippen molar-refractivity contribution in [2.24, 2.45) is 0 Å². The zero-order valence-electron chi connectivity index (χ0n) is 9.96. The van der Waals surface area contributed by atoms with Crippen molar-refractivity contribution < 1.29 is 9.59 Å². The molecule has 1 aliphatic rings. The molecule has 1 unspecified atom stereocenters. The number of likely N-dealkylation sites (N-methyl/N-ethyl adjacent to an activating group) is 1. The summed E-state index contributed by atoms with van der Waals surface area (Å²) in [4.78, 5) is 24.4. The third kappa shape index (κ3) is 2.44. The number of anilines is 1. The normalized spacial score (nSPS) is 19.6. The average molecular weight is 376 g/mol. The summed E-state index contributed by atoms with van der Waals surface area (Å²) in [5.41, 5.74) is 1.90. The van der Waals surface area contributed by atoms with E-state index in [9.17, 15) is 9.59 Å². The molecular weight excluding hydrogens is 364 g/mol. The second-order valence-electron chi connectivity index (χ2n) is 4.30. The lowest BCUT2D eigenvalue weighted by Crippen LogP contribution is -2.32. The predicted octanol–water partition coefficient (Wildman–Crippen LogP) is 2.69. The van der Waals surface area contributed by atoms with Crippen LogP contribution in [0.2, 0.25) is 0 Å². The van der Waals surface area contributed by atoms with Crippen molar-refractivity contribution in [2.75, 3.05) is 12.4 Å². The van der Waals surface area contributed by atoms with Gasteiger partial charge < -0.3 is 5.32 Å². The van der Waals surface area contributed by atoms with Crippen LogP contribution >= 0.6 is 31.9 Å². The van der Waals surface area contributed by atoms with E-state index in [1.165, 1.54) is 7.05 Å². The molecule has 1 fully saturated rings. The first-order chi connectivity index (χ1) is 8.40. The lowest BCUT2D eigenvalue weighted by molar-refractivity contribution is -0.136. The number of likely N-dealkylation sites (tertiary alicyclic amines) is 1. The van der Waals surface area contributed by atoms with E-state index < -0.39 is 6.04 Å². The monoisotopic (exact) mass is 374 g/mol. The fourth-order valence-electron chi connectivity index (χ4n) is 1.88. The van der Waals surface area contributed by atoms with Crippen LogP contribution in [0, 0.1) is 6.92 Å². The number of amides is 2. The van der Waals surface area contributed by atoms with Gasteiger partial charge >= 0.3 is 0 Å². The molecule has 1 saturated heterocycles. The lowest BCUT2D eigenvalue weighted by Gasteiger charge is -2.16. The molecule has 0 saturated carbocycles. The number of hydrogen-bond donors (Lipinski definition) is 1. The molecule has 1 aromatic carbocycles. The molecule has 0 aliphatic carbocycles. The number of benzene rings is 1. The highest BCUT2D eigenvalue weighted by Crippen LogP contribution is 2.33. The molecule has 18 heavy (non-hydrogen) atoms. The quantitative estimate of drug-likeness (QED) is 0.808. The SMILES string of the molecule is Cc1cc(Br)c(NC2CC(=O)N(C)C2=O)c(Br)c1. The largest absolute Gasteiger partial charge is 0.371 e. The molecule has 1 N–H and O–H groups in total. The summed E-state index contributed by atoms with van der Waals surface area (Å²) >= 11 is 6.91. The van der Waals surface area contributed by atoms with Gasteiger partial charge in [0.1, 0.15) is 6.04 Å². The summed E-state index contributed by atoms with van der Waals surface area (Å²) in [5, 5.41) is 3.11. The number of carbonyl (C=O) groups excluding carboxylic acids is 2. The van der Waals surface area contributed by atoms with Crippen LogP contribution < -0.4 is 5.32 Å². The van der Waals surface area contributed by atoms with Gasteiger partial charge in [0.05, 0.1) is 12.1 Å². The van der Waals surface area contributed by atoms with E-state index in [0.29, 0.717) is 0 Å². The molecule has 2 amide bonds. The number of nitrogens with zero attached hydrogens (tertiary/aromatic N) is 1. The van der Waals surface area contributed by atoms with Gasteiger partial charge in [0.2, 0.25) is 5.91 Å². The summed E-state index contributed by atoms with van der Waals surface area (Å²) in [6.07, 6.45) is 0.197. The Hall–Kier alpha value is -0.880. The Kier molecular flexibility index (Phi) is 3.77. The van der Waals surface area contributed by atoms with Crippen LogP contribution in [0.25, 0.3) is 0 Å².